The maximum absolute atomic E-state index is 12.7. The largest absolute Gasteiger partial charge is 0.396 e. The number of pyridine rings is 1. The van der Waals surface area contributed by atoms with Crippen LogP contribution in [-0.4, -0.2) is 30.3 Å². The zero-order chi connectivity index (χ0) is 13.9. The van der Waals surface area contributed by atoms with Gasteiger partial charge in [0.15, 0.2) is 5.03 Å². The highest BCUT2D eigenvalue weighted by Gasteiger charge is 2.33. The van der Waals surface area contributed by atoms with E-state index in [9.17, 15) is 8.42 Å². The summed E-state index contributed by atoms with van der Waals surface area (Å²) in [5.41, 5.74) is 5.98. The standard InChI is InChI=1S/C13H21N3O2S/c1-2-16(11-7-4-3-5-8-11)19(17,18)13-12(14)9-6-10-15-13/h6,9-11H,2-5,7-8,14H2,1H3. The van der Waals surface area contributed by atoms with E-state index in [1.807, 2.05) is 6.92 Å². The molecule has 0 aliphatic heterocycles. The molecule has 0 unspecified atom stereocenters. The first-order valence-corrected chi connectivity index (χ1v) is 8.23. The SMILES string of the molecule is CCN(C1CCCCC1)S(=O)(=O)c1ncccc1N. The molecule has 1 aliphatic rings. The number of aromatic nitrogens is 1. The van der Waals surface area contributed by atoms with Gasteiger partial charge in [0.1, 0.15) is 0 Å². The molecular formula is C13H21N3O2S. The van der Waals surface area contributed by atoms with Crippen LogP contribution in [0.1, 0.15) is 39.0 Å². The lowest BCUT2D eigenvalue weighted by Gasteiger charge is -2.32. The highest BCUT2D eigenvalue weighted by Crippen LogP contribution is 2.28. The van der Waals surface area contributed by atoms with Gasteiger partial charge >= 0.3 is 0 Å². The Morgan fingerprint density at radius 3 is 2.63 bits per heavy atom. The minimum atomic E-state index is -3.58. The fraction of sp³-hybridized carbons (Fsp3) is 0.615. The molecule has 1 aromatic rings. The van der Waals surface area contributed by atoms with Crippen LogP contribution in [0.3, 0.4) is 0 Å². The number of nitrogens with two attached hydrogens (primary N) is 1. The molecule has 2 rings (SSSR count). The van der Waals surface area contributed by atoms with Crippen LogP contribution in [0.4, 0.5) is 5.69 Å². The van der Waals surface area contributed by atoms with Crippen molar-refractivity contribution < 1.29 is 8.42 Å². The van der Waals surface area contributed by atoms with Crippen LogP contribution < -0.4 is 5.73 Å². The number of sulfonamides is 1. The molecule has 1 aromatic heterocycles. The fourth-order valence-electron chi connectivity index (χ4n) is 2.72. The first kappa shape index (κ1) is 14.3. The monoisotopic (exact) mass is 283 g/mol. The third kappa shape index (κ3) is 2.90. The van der Waals surface area contributed by atoms with Gasteiger partial charge < -0.3 is 5.73 Å². The van der Waals surface area contributed by atoms with E-state index < -0.39 is 10.0 Å². The lowest BCUT2D eigenvalue weighted by molar-refractivity contribution is 0.261. The second kappa shape index (κ2) is 5.88. The van der Waals surface area contributed by atoms with Gasteiger partial charge in [0.2, 0.25) is 0 Å². The Labute approximate surface area is 114 Å². The first-order chi connectivity index (χ1) is 9.07. The lowest BCUT2D eigenvalue weighted by Crippen LogP contribution is -2.41. The Bertz CT molecular complexity index is 524. The lowest BCUT2D eigenvalue weighted by atomic mass is 9.95. The van der Waals surface area contributed by atoms with Crippen LogP contribution in [0.25, 0.3) is 0 Å². The van der Waals surface area contributed by atoms with E-state index in [4.69, 9.17) is 5.73 Å². The van der Waals surface area contributed by atoms with Gasteiger partial charge in [0, 0.05) is 18.8 Å². The van der Waals surface area contributed by atoms with Crippen LogP contribution >= 0.6 is 0 Å². The Hall–Kier alpha value is -1.14. The van der Waals surface area contributed by atoms with E-state index in [1.54, 1.807) is 16.4 Å². The smallest absolute Gasteiger partial charge is 0.262 e. The van der Waals surface area contributed by atoms with E-state index in [1.165, 1.54) is 12.6 Å². The van der Waals surface area contributed by atoms with Gasteiger partial charge in [0.25, 0.3) is 10.0 Å². The molecule has 5 nitrogen and oxygen atoms in total. The van der Waals surface area contributed by atoms with Crippen molar-refractivity contribution in [2.75, 3.05) is 12.3 Å². The van der Waals surface area contributed by atoms with Crippen molar-refractivity contribution >= 4 is 15.7 Å². The minimum Gasteiger partial charge on any atom is -0.396 e. The van der Waals surface area contributed by atoms with E-state index >= 15 is 0 Å². The summed E-state index contributed by atoms with van der Waals surface area (Å²) in [6, 6.07) is 3.31. The Morgan fingerprint density at radius 2 is 2.05 bits per heavy atom. The second-order valence-electron chi connectivity index (χ2n) is 4.90. The highest BCUT2D eigenvalue weighted by atomic mass is 32.2. The van der Waals surface area contributed by atoms with E-state index in [-0.39, 0.29) is 16.8 Å². The summed E-state index contributed by atoms with van der Waals surface area (Å²) in [5.74, 6) is 0. The van der Waals surface area contributed by atoms with Crippen molar-refractivity contribution in [1.29, 1.82) is 0 Å². The second-order valence-corrected chi connectivity index (χ2v) is 6.70. The fourth-order valence-corrected chi connectivity index (χ4v) is 4.45. The molecule has 0 bridgehead atoms. The zero-order valence-corrected chi connectivity index (χ0v) is 12.1. The summed E-state index contributed by atoms with van der Waals surface area (Å²) in [6.07, 6.45) is 6.71. The summed E-state index contributed by atoms with van der Waals surface area (Å²) in [5, 5.41) is -0.0116. The molecule has 0 aromatic carbocycles. The molecule has 106 valence electrons. The molecule has 1 saturated carbocycles. The molecule has 0 saturated heterocycles. The molecule has 0 radical (unpaired) electrons. The number of nitrogen functional groups attached to an aromatic ring is 1. The van der Waals surface area contributed by atoms with Gasteiger partial charge in [0.05, 0.1) is 5.69 Å². The van der Waals surface area contributed by atoms with Gasteiger partial charge in [-0.05, 0) is 25.0 Å². The molecule has 0 spiro atoms. The Balaban J connectivity index is 2.33. The van der Waals surface area contributed by atoms with Crippen LogP contribution in [0.2, 0.25) is 0 Å². The maximum Gasteiger partial charge on any atom is 0.262 e. The predicted octanol–water partition coefficient (Wildman–Crippen LogP) is 2.01. The van der Waals surface area contributed by atoms with Crippen LogP contribution in [0.5, 0.6) is 0 Å². The molecule has 19 heavy (non-hydrogen) atoms. The number of hydrogen-bond donors (Lipinski definition) is 1. The number of nitrogens with zero attached hydrogens (tertiary/aromatic N) is 2. The summed E-state index contributed by atoms with van der Waals surface area (Å²) in [4.78, 5) is 3.96. The maximum atomic E-state index is 12.7. The quantitative estimate of drug-likeness (QED) is 0.917. The van der Waals surface area contributed by atoms with E-state index in [0.717, 1.165) is 25.7 Å². The van der Waals surface area contributed by atoms with Gasteiger partial charge in [-0.25, -0.2) is 13.4 Å². The average molecular weight is 283 g/mol. The predicted molar refractivity (Wildman–Crippen MR) is 75.1 cm³/mol. The molecule has 0 atom stereocenters. The zero-order valence-electron chi connectivity index (χ0n) is 11.2. The molecule has 2 N–H and O–H groups in total. The normalized spacial score (nSPS) is 17.8. The molecule has 1 aliphatic carbocycles. The van der Waals surface area contributed by atoms with Crippen LogP contribution in [0, 0.1) is 0 Å². The Kier molecular flexibility index (Phi) is 4.42. The molecule has 6 heteroatoms. The minimum absolute atomic E-state index is 0.0116. The van der Waals surface area contributed by atoms with Gasteiger partial charge in [-0.15, -0.1) is 0 Å². The molecule has 0 amide bonds. The van der Waals surface area contributed by atoms with Crippen LogP contribution in [-0.2, 0) is 10.0 Å². The summed E-state index contributed by atoms with van der Waals surface area (Å²) >= 11 is 0. The van der Waals surface area contributed by atoms with Crippen molar-refractivity contribution in [3.8, 4) is 0 Å². The Morgan fingerprint density at radius 1 is 1.37 bits per heavy atom. The topological polar surface area (TPSA) is 76.3 Å². The molecule has 1 heterocycles. The van der Waals surface area contributed by atoms with Gasteiger partial charge in [-0.2, -0.15) is 4.31 Å². The van der Waals surface area contributed by atoms with Crippen molar-refractivity contribution in [1.82, 2.24) is 9.29 Å². The van der Waals surface area contributed by atoms with Crippen molar-refractivity contribution in [3.05, 3.63) is 18.3 Å². The third-order valence-corrected chi connectivity index (χ3v) is 5.65. The average Bonchev–Trinajstić information content (AvgIpc) is 2.40. The van der Waals surface area contributed by atoms with E-state index in [2.05, 4.69) is 4.98 Å². The van der Waals surface area contributed by atoms with Crippen molar-refractivity contribution in [2.45, 2.75) is 50.1 Å². The number of rotatable bonds is 4. The van der Waals surface area contributed by atoms with Crippen molar-refractivity contribution in [3.63, 3.8) is 0 Å². The van der Waals surface area contributed by atoms with Crippen molar-refractivity contribution in [2.24, 2.45) is 0 Å². The summed E-state index contributed by atoms with van der Waals surface area (Å²) in [6.45, 7) is 2.33. The van der Waals surface area contributed by atoms with E-state index in [0.29, 0.717) is 6.54 Å². The van der Waals surface area contributed by atoms with Gasteiger partial charge in [-0.1, -0.05) is 26.2 Å². The highest BCUT2D eigenvalue weighted by molar-refractivity contribution is 7.89. The molecule has 1 fully saturated rings. The van der Waals surface area contributed by atoms with Crippen LogP contribution in [0.15, 0.2) is 23.4 Å². The summed E-state index contributed by atoms with van der Waals surface area (Å²) < 4.78 is 26.9. The molecular weight excluding hydrogens is 262 g/mol. The third-order valence-electron chi connectivity index (χ3n) is 3.65. The van der Waals surface area contributed by atoms with Gasteiger partial charge in [-0.3, -0.25) is 0 Å². The number of hydrogen-bond acceptors (Lipinski definition) is 4. The number of anilines is 1. The summed E-state index contributed by atoms with van der Waals surface area (Å²) in [7, 11) is -3.58. The first-order valence-electron chi connectivity index (χ1n) is 6.79.